The molecule has 0 aromatic carbocycles. The van der Waals surface area contributed by atoms with Crippen LogP contribution in [0.25, 0.3) is 0 Å². The summed E-state index contributed by atoms with van der Waals surface area (Å²) in [4.78, 5) is 0. The second kappa shape index (κ2) is 3.62. The van der Waals surface area contributed by atoms with Crippen LogP contribution in [0.3, 0.4) is 0 Å². The molecule has 0 atom stereocenters. The van der Waals surface area contributed by atoms with Gasteiger partial charge >= 0.3 is 0 Å². The summed E-state index contributed by atoms with van der Waals surface area (Å²) in [5.41, 5.74) is 0. The topological polar surface area (TPSA) is 13.1 Å². The van der Waals surface area contributed by atoms with Crippen molar-refractivity contribution in [1.82, 2.24) is 0 Å². The summed E-state index contributed by atoms with van der Waals surface area (Å²) < 4.78 is 5.09. The monoisotopic (exact) mass is 141 g/mol. The van der Waals surface area contributed by atoms with E-state index < -0.39 is 0 Å². The molecule has 0 N–H and O–H groups in total. The molecule has 0 aliphatic rings. The Hall–Kier alpha value is -0.370. The highest BCUT2D eigenvalue weighted by atomic mass is 32.1. The molecule has 9 heavy (non-hydrogen) atoms. The van der Waals surface area contributed by atoms with Crippen molar-refractivity contribution in [1.29, 1.82) is 0 Å². The highest BCUT2D eigenvalue weighted by Gasteiger charge is 1.91. The van der Waals surface area contributed by atoms with Gasteiger partial charge in [0.2, 0.25) is 0 Å². The van der Waals surface area contributed by atoms with Crippen molar-refractivity contribution in [2.75, 3.05) is 5.75 Å². The Labute approximate surface area is 60.5 Å². The molecule has 0 spiro atoms. The van der Waals surface area contributed by atoms with Crippen LogP contribution in [-0.4, -0.2) is 5.75 Å². The van der Waals surface area contributed by atoms with Gasteiger partial charge in [-0.25, -0.2) is 0 Å². The van der Waals surface area contributed by atoms with E-state index in [1.54, 1.807) is 6.26 Å². The fourth-order valence-electron chi connectivity index (χ4n) is 0.701. The maximum absolute atomic E-state index is 5.09. The number of furan rings is 1. The summed E-state index contributed by atoms with van der Waals surface area (Å²) >= 11 is 4.78. The normalized spacial score (nSPS) is 9.89. The molecule has 2 heteroatoms. The molecular formula is C7H9OS. The molecule has 0 fully saturated rings. The van der Waals surface area contributed by atoms with Crippen LogP contribution in [0.15, 0.2) is 22.8 Å². The first-order chi connectivity index (χ1) is 4.43. The lowest BCUT2D eigenvalue weighted by Gasteiger charge is -1.89. The number of rotatable bonds is 3. The van der Waals surface area contributed by atoms with Gasteiger partial charge in [-0.3, -0.25) is 0 Å². The molecule has 0 bridgehead atoms. The zero-order valence-electron chi connectivity index (χ0n) is 5.17. The van der Waals surface area contributed by atoms with E-state index in [0.29, 0.717) is 0 Å². The smallest absolute Gasteiger partial charge is 0.103 e. The second-order valence-electron chi connectivity index (χ2n) is 1.89. The van der Waals surface area contributed by atoms with Crippen LogP contribution in [0.4, 0.5) is 0 Å². The second-order valence-corrected chi connectivity index (χ2v) is 2.30. The fourth-order valence-corrected chi connectivity index (χ4v) is 0.846. The summed E-state index contributed by atoms with van der Waals surface area (Å²) in [6, 6.07) is 3.88. The Bertz CT molecular complexity index is 146. The predicted molar refractivity (Wildman–Crippen MR) is 39.5 cm³/mol. The molecule has 1 radical (unpaired) electrons. The summed E-state index contributed by atoms with van der Waals surface area (Å²) in [5, 5.41) is 0. The lowest BCUT2D eigenvalue weighted by atomic mass is 10.3. The zero-order valence-corrected chi connectivity index (χ0v) is 5.99. The lowest BCUT2D eigenvalue weighted by molar-refractivity contribution is 0.507. The molecule has 0 aliphatic carbocycles. The van der Waals surface area contributed by atoms with E-state index in [0.717, 1.165) is 24.4 Å². The van der Waals surface area contributed by atoms with Crippen molar-refractivity contribution < 1.29 is 4.42 Å². The van der Waals surface area contributed by atoms with Gasteiger partial charge in [-0.05, 0) is 18.6 Å². The Morgan fingerprint density at radius 1 is 1.56 bits per heavy atom. The third-order valence-corrected chi connectivity index (χ3v) is 1.44. The van der Waals surface area contributed by atoms with Crippen LogP contribution >= 0.6 is 12.6 Å². The molecule has 0 unspecified atom stereocenters. The average Bonchev–Trinajstić information content (AvgIpc) is 2.34. The standard InChI is InChI=1S/C7H9OS/c9-6-2-4-7-3-1-5-8-7/h1,3,5H,2,4,6H2. The van der Waals surface area contributed by atoms with Crippen molar-refractivity contribution >= 4 is 12.6 Å². The van der Waals surface area contributed by atoms with Crippen LogP contribution in [0.2, 0.25) is 0 Å². The predicted octanol–water partition coefficient (Wildman–Crippen LogP) is 2.41. The molecule has 0 saturated carbocycles. The number of hydrogen-bond acceptors (Lipinski definition) is 1. The van der Waals surface area contributed by atoms with Gasteiger partial charge < -0.3 is 4.42 Å². The minimum atomic E-state index is 0.820. The highest BCUT2D eigenvalue weighted by molar-refractivity contribution is 7.80. The van der Waals surface area contributed by atoms with Gasteiger partial charge in [0, 0.05) is 12.2 Å². The highest BCUT2D eigenvalue weighted by Crippen LogP contribution is 2.03. The zero-order chi connectivity index (χ0) is 6.53. The van der Waals surface area contributed by atoms with Crippen molar-refractivity contribution in [3.8, 4) is 0 Å². The lowest BCUT2D eigenvalue weighted by Crippen LogP contribution is -1.81. The molecule has 49 valence electrons. The van der Waals surface area contributed by atoms with Gasteiger partial charge in [0.1, 0.15) is 5.76 Å². The number of aryl methyl sites for hydroxylation is 1. The van der Waals surface area contributed by atoms with Crippen LogP contribution in [0.1, 0.15) is 12.2 Å². The minimum absolute atomic E-state index is 0.820. The fraction of sp³-hybridized carbons (Fsp3) is 0.429. The molecule has 1 aromatic rings. The maximum Gasteiger partial charge on any atom is 0.103 e. The Morgan fingerprint density at radius 3 is 3.00 bits per heavy atom. The minimum Gasteiger partial charge on any atom is -0.469 e. The van der Waals surface area contributed by atoms with E-state index in [2.05, 4.69) is 0 Å². The van der Waals surface area contributed by atoms with E-state index >= 15 is 0 Å². The van der Waals surface area contributed by atoms with E-state index in [9.17, 15) is 0 Å². The van der Waals surface area contributed by atoms with Crippen molar-refractivity contribution in [2.45, 2.75) is 12.8 Å². The summed E-state index contributed by atoms with van der Waals surface area (Å²) in [5.74, 6) is 1.86. The van der Waals surface area contributed by atoms with E-state index in [-0.39, 0.29) is 0 Å². The first kappa shape index (κ1) is 6.75. The van der Waals surface area contributed by atoms with Crippen LogP contribution in [-0.2, 0) is 6.42 Å². The third kappa shape index (κ3) is 2.14. The van der Waals surface area contributed by atoms with Gasteiger partial charge in [0.05, 0.1) is 6.26 Å². The molecule has 1 heterocycles. The summed E-state index contributed by atoms with van der Waals surface area (Å²) in [7, 11) is 0. The summed E-state index contributed by atoms with van der Waals surface area (Å²) in [6.07, 6.45) is 3.72. The van der Waals surface area contributed by atoms with Crippen molar-refractivity contribution in [2.24, 2.45) is 0 Å². The van der Waals surface area contributed by atoms with E-state index in [1.807, 2.05) is 12.1 Å². The first-order valence-corrected chi connectivity index (χ1v) is 3.61. The third-order valence-electron chi connectivity index (χ3n) is 1.15. The quantitative estimate of drug-likeness (QED) is 0.630. The average molecular weight is 141 g/mol. The van der Waals surface area contributed by atoms with Crippen LogP contribution in [0, 0.1) is 0 Å². The molecule has 0 amide bonds. The maximum atomic E-state index is 5.09. The van der Waals surface area contributed by atoms with Gasteiger partial charge in [-0.1, -0.05) is 12.6 Å². The molecule has 0 saturated heterocycles. The Kier molecular flexibility index (Phi) is 2.71. The SMILES string of the molecule is [S]CCCc1ccco1. The van der Waals surface area contributed by atoms with Gasteiger partial charge in [-0.2, -0.15) is 0 Å². The largest absolute Gasteiger partial charge is 0.469 e. The van der Waals surface area contributed by atoms with Crippen molar-refractivity contribution in [3.05, 3.63) is 24.2 Å². The van der Waals surface area contributed by atoms with Crippen LogP contribution in [0.5, 0.6) is 0 Å². The van der Waals surface area contributed by atoms with Crippen LogP contribution < -0.4 is 0 Å². The van der Waals surface area contributed by atoms with E-state index in [4.69, 9.17) is 17.0 Å². The van der Waals surface area contributed by atoms with Gasteiger partial charge in [-0.15, -0.1) is 0 Å². The van der Waals surface area contributed by atoms with Gasteiger partial charge in [0.15, 0.2) is 0 Å². The molecule has 0 aliphatic heterocycles. The molecule has 1 nitrogen and oxygen atoms in total. The Balaban J connectivity index is 2.30. The van der Waals surface area contributed by atoms with E-state index in [1.165, 1.54) is 0 Å². The Morgan fingerprint density at radius 2 is 2.44 bits per heavy atom. The molecule has 1 rings (SSSR count). The molecule has 1 aromatic heterocycles. The molecular weight excluding hydrogens is 132 g/mol. The number of hydrogen-bond donors (Lipinski definition) is 0. The van der Waals surface area contributed by atoms with Crippen molar-refractivity contribution in [3.63, 3.8) is 0 Å². The summed E-state index contributed by atoms with van der Waals surface area (Å²) in [6.45, 7) is 0. The van der Waals surface area contributed by atoms with Gasteiger partial charge in [0.25, 0.3) is 0 Å². The first-order valence-electron chi connectivity index (χ1n) is 3.04.